The lowest BCUT2D eigenvalue weighted by Crippen LogP contribution is -2.44. The van der Waals surface area contributed by atoms with Crippen LogP contribution in [0.4, 0.5) is 0 Å². The van der Waals surface area contributed by atoms with Crippen LogP contribution in [0.3, 0.4) is 0 Å². The van der Waals surface area contributed by atoms with Crippen molar-refractivity contribution in [1.82, 2.24) is 15.4 Å². The van der Waals surface area contributed by atoms with Crippen molar-refractivity contribution in [3.8, 4) is 11.5 Å². The number of ether oxygens (including phenoxy) is 2. The number of rotatable bonds is 5. The van der Waals surface area contributed by atoms with Gasteiger partial charge in [-0.25, -0.2) is 0 Å². The Labute approximate surface area is 165 Å². The van der Waals surface area contributed by atoms with Crippen LogP contribution in [-0.4, -0.2) is 40.3 Å². The molecule has 1 aliphatic rings. The van der Waals surface area contributed by atoms with E-state index in [1.54, 1.807) is 43.5 Å². The van der Waals surface area contributed by atoms with Gasteiger partial charge in [0.25, 0.3) is 11.8 Å². The highest BCUT2D eigenvalue weighted by molar-refractivity contribution is 8.26. The van der Waals surface area contributed by atoms with Crippen LogP contribution in [0.2, 0.25) is 0 Å². The lowest BCUT2D eigenvalue weighted by molar-refractivity contribution is -0.123. The van der Waals surface area contributed by atoms with Crippen LogP contribution in [0.25, 0.3) is 6.08 Å². The van der Waals surface area contributed by atoms with E-state index < -0.39 is 11.8 Å². The molecule has 1 aromatic carbocycles. The highest BCUT2D eigenvalue weighted by Gasteiger charge is 2.33. The molecule has 138 valence electrons. The fourth-order valence-electron chi connectivity index (χ4n) is 2.33. The number of nitrogens with one attached hydrogen (secondary N) is 1. The van der Waals surface area contributed by atoms with Crippen molar-refractivity contribution >= 4 is 46.2 Å². The molecule has 1 saturated heterocycles. The zero-order valence-electron chi connectivity index (χ0n) is 14.5. The van der Waals surface area contributed by atoms with Gasteiger partial charge in [0.1, 0.15) is 0 Å². The van der Waals surface area contributed by atoms with Crippen molar-refractivity contribution in [2.45, 2.75) is 0 Å². The van der Waals surface area contributed by atoms with Crippen LogP contribution in [0, 0.1) is 0 Å². The van der Waals surface area contributed by atoms with Gasteiger partial charge in [-0.2, -0.15) is 5.01 Å². The molecule has 0 saturated carbocycles. The maximum atomic E-state index is 12.6. The van der Waals surface area contributed by atoms with Gasteiger partial charge in [0.2, 0.25) is 0 Å². The molecule has 3 rings (SSSR count). The zero-order chi connectivity index (χ0) is 19.4. The Hall–Kier alpha value is -2.91. The Morgan fingerprint density at radius 2 is 1.89 bits per heavy atom. The number of hydrogen-bond donors (Lipinski definition) is 1. The molecule has 0 aliphatic carbocycles. The Bertz CT molecular complexity index is 931. The molecule has 1 aliphatic heterocycles. The number of methoxy groups -OCH3 is 2. The molecule has 0 radical (unpaired) electrons. The molecule has 2 amide bonds. The average molecular weight is 401 g/mol. The van der Waals surface area contributed by atoms with Crippen LogP contribution in [-0.2, 0) is 4.79 Å². The minimum Gasteiger partial charge on any atom is -0.493 e. The number of nitrogens with zero attached hydrogens (tertiary/aromatic N) is 2. The van der Waals surface area contributed by atoms with Gasteiger partial charge in [0.15, 0.2) is 15.8 Å². The van der Waals surface area contributed by atoms with Crippen LogP contribution in [0.5, 0.6) is 11.5 Å². The first-order valence-corrected chi connectivity index (χ1v) is 8.97. The number of thiocarbonyl (C=S) groups is 1. The SMILES string of the molecule is COc1ccc(C=C2SC(=S)N(NC(=O)c3ccncc3)C2=O)cc1OC. The number of benzene rings is 1. The number of aromatic nitrogens is 1. The van der Waals surface area contributed by atoms with Gasteiger partial charge in [-0.3, -0.25) is 20.0 Å². The average Bonchev–Trinajstić information content (AvgIpc) is 2.95. The normalized spacial score (nSPS) is 15.2. The van der Waals surface area contributed by atoms with E-state index in [1.165, 1.54) is 19.5 Å². The second-order valence-corrected chi connectivity index (χ2v) is 6.98. The Balaban J connectivity index is 1.79. The number of carbonyl (C=O) groups is 2. The molecule has 0 spiro atoms. The van der Waals surface area contributed by atoms with Crippen LogP contribution in [0.15, 0.2) is 47.6 Å². The van der Waals surface area contributed by atoms with Crippen LogP contribution in [0.1, 0.15) is 15.9 Å². The number of hydrazine groups is 1. The molecular formula is C18H15N3O4S2. The third kappa shape index (κ3) is 4.09. The summed E-state index contributed by atoms with van der Waals surface area (Å²) in [7, 11) is 3.09. The smallest absolute Gasteiger partial charge is 0.285 e. The largest absolute Gasteiger partial charge is 0.493 e. The van der Waals surface area contributed by atoms with Gasteiger partial charge in [-0.15, -0.1) is 0 Å². The Kier molecular flexibility index (Phi) is 5.72. The molecule has 2 aromatic rings. The van der Waals surface area contributed by atoms with Crippen molar-refractivity contribution in [1.29, 1.82) is 0 Å². The molecule has 27 heavy (non-hydrogen) atoms. The van der Waals surface area contributed by atoms with Crippen LogP contribution >= 0.6 is 24.0 Å². The first kappa shape index (κ1) is 18.9. The first-order valence-electron chi connectivity index (χ1n) is 7.74. The van der Waals surface area contributed by atoms with E-state index in [2.05, 4.69) is 10.4 Å². The number of carbonyl (C=O) groups excluding carboxylic acids is 2. The summed E-state index contributed by atoms with van der Waals surface area (Å²) in [5.41, 5.74) is 3.64. The van der Waals surface area contributed by atoms with Gasteiger partial charge >= 0.3 is 0 Å². The monoisotopic (exact) mass is 401 g/mol. The zero-order valence-corrected chi connectivity index (χ0v) is 16.1. The van der Waals surface area contributed by atoms with Gasteiger partial charge in [0, 0.05) is 18.0 Å². The number of amides is 2. The van der Waals surface area contributed by atoms with Crippen molar-refractivity contribution in [2.24, 2.45) is 0 Å². The second kappa shape index (κ2) is 8.19. The highest BCUT2D eigenvalue weighted by atomic mass is 32.2. The minimum atomic E-state index is -0.443. The van der Waals surface area contributed by atoms with E-state index in [1.807, 2.05) is 0 Å². The first-order chi connectivity index (χ1) is 13.0. The van der Waals surface area contributed by atoms with E-state index in [0.29, 0.717) is 22.0 Å². The number of thioether (sulfide) groups is 1. The van der Waals surface area contributed by atoms with Crippen molar-refractivity contribution in [3.05, 3.63) is 58.8 Å². The molecule has 2 heterocycles. The van der Waals surface area contributed by atoms with Crippen molar-refractivity contribution < 1.29 is 19.1 Å². The summed E-state index contributed by atoms with van der Waals surface area (Å²) in [5.74, 6) is 0.294. The van der Waals surface area contributed by atoms with Gasteiger partial charge in [-0.05, 0) is 48.1 Å². The lowest BCUT2D eigenvalue weighted by atomic mass is 10.2. The fraction of sp³-hybridized carbons (Fsp3) is 0.111. The third-order valence-electron chi connectivity index (χ3n) is 3.65. The van der Waals surface area contributed by atoms with E-state index in [0.717, 1.165) is 22.3 Å². The predicted molar refractivity (Wildman–Crippen MR) is 106 cm³/mol. The van der Waals surface area contributed by atoms with E-state index in [4.69, 9.17) is 21.7 Å². The van der Waals surface area contributed by atoms with E-state index >= 15 is 0 Å². The lowest BCUT2D eigenvalue weighted by Gasteiger charge is -2.15. The Morgan fingerprint density at radius 3 is 2.56 bits per heavy atom. The molecule has 0 bridgehead atoms. The summed E-state index contributed by atoms with van der Waals surface area (Å²) in [6, 6.07) is 8.39. The summed E-state index contributed by atoms with van der Waals surface area (Å²) >= 11 is 6.33. The number of hydrogen-bond acceptors (Lipinski definition) is 7. The molecule has 1 N–H and O–H groups in total. The summed E-state index contributed by atoms with van der Waals surface area (Å²) in [6.45, 7) is 0. The topological polar surface area (TPSA) is 80.8 Å². The molecule has 1 aromatic heterocycles. The quantitative estimate of drug-likeness (QED) is 0.609. The molecular weight excluding hydrogens is 386 g/mol. The van der Waals surface area contributed by atoms with Crippen molar-refractivity contribution in [2.75, 3.05) is 14.2 Å². The van der Waals surface area contributed by atoms with Gasteiger partial charge in [0.05, 0.1) is 19.1 Å². The second-order valence-electron chi connectivity index (χ2n) is 5.31. The summed E-state index contributed by atoms with van der Waals surface area (Å²) in [5, 5.41) is 1.06. The van der Waals surface area contributed by atoms with Gasteiger partial charge < -0.3 is 9.47 Å². The molecule has 0 unspecified atom stereocenters. The fourth-order valence-corrected chi connectivity index (χ4v) is 3.51. The van der Waals surface area contributed by atoms with Crippen molar-refractivity contribution in [3.63, 3.8) is 0 Å². The standard InChI is InChI=1S/C18H15N3O4S2/c1-24-13-4-3-11(9-14(13)25-2)10-15-17(23)21(18(26)27-15)20-16(22)12-5-7-19-8-6-12/h3-10H,1-2H3,(H,20,22). The number of pyridine rings is 1. The maximum absolute atomic E-state index is 12.6. The summed E-state index contributed by atoms with van der Waals surface area (Å²) in [4.78, 5) is 29.1. The highest BCUT2D eigenvalue weighted by Crippen LogP contribution is 2.34. The molecule has 7 nitrogen and oxygen atoms in total. The third-order valence-corrected chi connectivity index (χ3v) is 4.96. The predicted octanol–water partition coefficient (Wildman–Crippen LogP) is 2.65. The molecule has 0 atom stereocenters. The van der Waals surface area contributed by atoms with Crippen LogP contribution < -0.4 is 14.9 Å². The summed E-state index contributed by atoms with van der Waals surface area (Å²) < 4.78 is 10.7. The Morgan fingerprint density at radius 1 is 1.19 bits per heavy atom. The maximum Gasteiger partial charge on any atom is 0.285 e. The van der Waals surface area contributed by atoms with Gasteiger partial charge in [-0.1, -0.05) is 17.8 Å². The summed E-state index contributed by atoms with van der Waals surface area (Å²) in [6.07, 6.45) is 4.67. The van der Waals surface area contributed by atoms with E-state index in [-0.39, 0.29) is 4.32 Å². The molecule has 1 fully saturated rings. The minimum absolute atomic E-state index is 0.245. The van der Waals surface area contributed by atoms with E-state index in [9.17, 15) is 9.59 Å². The molecule has 9 heteroatoms.